The van der Waals surface area contributed by atoms with Gasteiger partial charge in [-0.3, -0.25) is 9.78 Å². The molecule has 0 unspecified atom stereocenters. The van der Waals surface area contributed by atoms with E-state index in [0.29, 0.717) is 23.2 Å². The Morgan fingerprint density at radius 2 is 2.05 bits per heavy atom. The van der Waals surface area contributed by atoms with Crippen molar-refractivity contribution in [1.82, 2.24) is 19.7 Å². The first-order valence-electron chi connectivity index (χ1n) is 5.88. The van der Waals surface area contributed by atoms with Gasteiger partial charge in [0.1, 0.15) is 0 Å². The van der Waals surface area contributed by atoms with Gasteiger partial charge in [0.05, 0.1) is 11.8 Å². The molecule has 0 bridgehead atoms. The molecule has 3 aromatic rings. The number of hydrogen-bond donors (Lipinski definition) is 1. The Morgan fingerprint density at radius 3 is 2.70 bits per heavy atom. The second kappa shape index (κ2) is 4.93. The minimum Gasteiger partial charge on any atom is -0.493 e. The van der Waals surface area contributed by atoms with E-state index >= 15 is 0 Å². The van der Waals surface area contributed by atoms with Gasteiger partial charge < -0.3 is 5.11 Å². The Bertz CT molecular complexity index is 736. The lowest BCUT2D eigenvalue weighted by molar-refractivity contribution is 0.112. The van der Waals surface area contributed by atoms with Crippen molar-refractivity contribution >= 4 is 6.29 Å². The first-order chi connectivity index (χ1) is 9.79. The quantitative estimate of drug-likeness (QED) is 0.732. The number of hydrogen-bond acceptors (Lipinski definition) is 5. The van der Waals surface area contributed by atoms with Crippen LogP contribution in [0.1, 0.15) is 10.4 Å². The monoisotopic (exact) mass is 266 g/mol. The van der Waals surface area contributed by atoms with Gasteiger partial charge in [-0.25, -0.2) is 4.98 Å². The standard InChI is InChI=1S/C14H10N4O2/c19-9-10-3-4-13(16-6-10)18-14(20)12(8-17-18)11-2-1-5-15-7-11/h1-9,20H. The molecule has 3 aromatic heterocycles. The summed E-state index contributed by atoms with van der Waals surface area (Å²) in [5.41, 5.74) is 1.80. The van der Waals surface area contributed by atoms with E-state index in [-0.39, 0.29) is 5.88 Å². The SMILES string of the molecule is O=Cc1ccc(-n2ncc(-c3cccnc3)c2O)nc1. The molecule has 0 spiro atoms. The second-order valence-electron chi connectivity index (χ2n) is 4.10. The molecule has 3 heterocycles. The summed E-state index contributed by atoms with van der Waals surface area (Å²) in [6.07, 6.45) is 6.98. The molecule has 3 rings (SSSR count). The molecule has 1 N–H and O–H groups in total. The molecule has 0 aliphatic carbocycles. The van der Waals surface area contributed by atoms with Crippen LogP contribution in [-0.4, -0.2) is 31.1 Å². The minimum absolute atomic E-state index is 0.0237. The van der Waals surface area contributed by atoms with Crippen LogP contribution in [0.25, 0.3) is 16.9 Å². The van der Waals surface area contributed by atoms with Crippen molar-refractivity contribution in [3.05, 3.63) is 54.6 Å². The number of carbonyl (C=O) groups is 1. The second-order valence-corrected chi connectivity index (χ2v) is 4.10. The number of aldehydes is 1. The van der Waals surface area contributed by atoms with E-state index in [2.05, 4.69) is 15.1 Å². The van der Waals surface area contributed by atoms with Crippen LogP contribution < -0.4 is 0 Å². The summed E-state index contributed by atoms with van der Waals surface area (Å²) in [6.45, 7) is 0. The normalized spacial score (nSPS) is 10.4. The van der Waals surface area contributed by atoms with E-state index < -0.39 is 0 Å². The third kappa shape index (κ3) is 2.03. The number of nitrogens with zero attached hydrogens (tertiary/aromatic N) is 4. The van der Waals surface area contributed by atoms with Gasteiger partial charge in [0.15, 0.2) is 12.1 Å². The fourth-order valence-electron chi connectivity index (χ4n) is 1.83. The van der Waals surface area contributed by atoms with Crippen LogP contribution in [-0.2, 0) is 0 Å². The Labute approximate surface area is 114 Å². The van der Waals surface area contributed by atoms with Crippen LogP contribution in [0.2, 0.25) is 0 Å². The van der Waals surface area contributed by atoms with Crippen molar-refractivity contribution in [1.29, 1.82) is 0 Å². The van der Waals surface area contributed by atoms with Crippen LogP contribution in [0.4, 0.5) is 0 Å². The zero-order valence-corrected chi connectivity index (χ0v) is 10.3. The third-order valence-corrected chi connectivity index (χ3v) is 2.84. The summed E-state index contributed by atoms with van der Waals surface area (Å²) < 4.78 is 1.30. The molecule has 0 saturated carbocycles. The summed E-state index contributed by atoms with van der Waals surface area (Å²) >= 11 is 0. The maximum Gasteiger partial charge on any atom is 0.223 e. The molecule has 0 amide bonds. The lowest BCUT2D eigenvalue weighted by Crippen LogP contribution is -1.99. The molecule has 20 heavy (non-hydrogen) atoms. The number of carbonyl (C=O) groups excluding carboxylic acids is 1. The van der Waals surface area contributed by atoms with Gasteiger partial charge in [0, 0.05) is 29.7 Å². The summed E-state index contributed by atoms with van der Waals surface area (Å²) in [6, 6.07) is 6.84. The molecule has 0 radical (unpaired) electrons. The van der Waals surface area contributed by atoms with Gasteiger partial charge in [-0.05, 0) is 18.2 Å². The van der Waals surface area contributed by atoms with E-state index in [0.717, 1.165) is 5.56 Å². The largest absolute Gasteiger partial charge is 0.493 e. The highest BCUT2D eigenvalue weighted by molar-refractivity contribution is 5.74. The average molecular weight is 266 g/mol. The van der Waals surface area contributed by atoms with Gasteiger partial charge in [0.2, 0.25) is 5.88 Å². The van der Waals surface area contributed by atoms with Crippen LogP contribution in [0.5, 0.6) is 5.88 Å². The number of rotatable bonds is 3. The van der Waals surface area contributed by atoms with E-state index in [4.69, 9.17) is 0 Å². The van der Waals surface area contributed by atoms with Crippen molar-refractivity contribution in [2.75, 3.05) is 0 Å². The van der Waals surface area contributed by atoms with Crippen LogP contribution in [0.15, 0.2) is 49.1 Å². The lowest BCUT2D eigenvalue weighted by Gasteiger charge is -2.03. The average Bonchev–Trinajstić information content (AvgIpc) is 2.90. The molecule has 0 saturated heterocycles. The smallest absolute Gasteiger partial charge is 0.223 e. The molecule has 6 nitrogen and oxygen atoms in total. The molecule has 6 heteroatoms. The Morgan fingerprint density at radius 1 is 1.15 bits per heavy atom. The highest BCUT2D eigenvalue weighted by atomic mass is 16.3. The Kier molecular flexibility index (Phi) is 2.96. The summed E-state index contributed by atoms with van der Waals surface area (Å²) in [5.74, 6) is 0.410. The molecular weight excluding hydrogens is 256 g/mol. The van der Waals surface area contributed by atoms with Crippen molar-refractivity contribution in [3.63, 3.8) is 0 Å². The molecule has 0 aromatic carbocycles. The van der Waals surface area contributed by atoms with E-state index in [9.17, 15) is 9.90 Å². The van der Waals surface area contributed by atoms with E-state index in [1.807, 2.05) is 6.07 Å². The van der Waals surface area contributed by atoms with Gasteiger partial charge in [0.25, 0.3) is 0 Å². The zero-order valence-electron chi connectivity index (χ0n) is 10.3. The first kappa shape index (κ1) is 12.0. The van der Waals surface area contributed by atoms with Gasteiger partial charge >= 0.3 is 0 Å². The maximum absolute atomic E-state index is 10.6. The van der Waals surface area contributed by atoms with Crippen molar-refractivity contribution in [3.8, 4) is 22.8 Å². The van der Waals surface area contributed by atoms with Crippen LogP contribution in [0, 0.1) is 0 Å². The lowest BCUT2D eigenvalue weighted by atomic mass is 10.1. The van der Waals surface area contributed by atoms with E-state index in [1.165, 1.54) is 10.9 Å². The first-order valence-corrected chi connectivity index (χ1v) is 5.88. The summed E-state index contributed by atoms with van der Waals surface area (Å²) in [7, 11) is 0. The topological polar surface area (TPSA) is 80.9 Å². The van der Waals surface area contributed by atoms with Crippen molar-refractivity contribution < 1.29 is 9.90 Å². The molecule has 0 aliphatic rings. The molecule has 0 aliphatic heterocycles. The van der Waals surface area contributed by atoms with Crippen molar-refractivity contribution in [2.24, 2.45) is 0 Å². The molecule has 98 valence electrons. The fraction of sp³-hybridized carbons (Fsp3) is 0. The highest BCUT2D eigenvalue weighted by Crippen LogP contribution is 2.29. The van der Waals surface area contributed by atoms with E-state index in [1.54, 1.807) is 36.8 Å². The third-order valence-electron chi connectivity index (χ3n) is 2.84. The fourth-order valence-corrected chi connectivity index (χ4v) is 1.83. The van der Waals surface area contributed by atoms with Crippen molar-refractivity contribution in [2.45, 2.75) is 0 Å². The van der Waals surface area contributed by atoms with Crippen LogP contribution >= 0.6 is 0 Å². The predicted octanol–water partition coefficient (Wildman–Crippen LogP) is 1.85. The maximum atomic E-state index is 10.6. The zero-order chi connectivity index (χ0) is 13.9. The molecule has 0 atom stereocenters. The van der Waals surface area contributed by atoms with Gasteiger partial charge in [-0.15, -0.1) is 0 Å². The number of aromatic hydroxyl groups is 1. The molecule has 0 fully saturated rings. The number of aromatic nitrogens is 4. The minimum atomic E-state index is -0.0237. The highest BCUT2D eigenvalue weighted by Gasteiger charge is 2.13. The summed E-state index contributed by atoms with van der Waals surface area (Å²) in [5, 5.41) is 14.3. The number of pyridine rings is 2. The Balaban J connectivity index is 2.03. The Hall–Kier alpha value is -3.02. The summed E-state index contributed by atoms with van der Waals surface area (Å²) in [4.78, 5) is 18.7. The van der Waals surface area contributed by atoms with Gasteiger partial charge in [-0.1, -0.05) is 6.07 Å². The molecular formula is C14H10N4O2. The predicted molar refractivity (Wildman–Crippen MR) is 71.6 cm³/mol. The van der Waals surface area contributed by atoms with Crippen LogP contribution in [0.3, 0.4) is 0 Å². The van der Waals surface area contributed by atoms with Gasteiger partial charge in [-0.2, -0.15) is 9.78 Å².